The Morgan fingerprint density at radius 2 is 2.11 bits per heavy atom. The van der Waals surface area contributed by atoms with Crippen molar-refractivity contribution in [2.75, 3.05) is 25.0 Å². The Hall–Kier alpha value is -2.18. The van der Waals surface area contributed by atoms with Crippen molar-refractivity contribution in [1.82, 2.24) is 15.3 Å². The molecular formula is C12H18N4O3. The largest absolute Gasteiger partial charge is 0.462 e. The molecule has 7 heteroatoms. The fourth-order valence-corrected chi connectivity index (χ4v) is 1.37. The minimum Gasteiger partial charge on any atom is -0.462 e. The summed E-state index contributed by atoms with van der Waals surface area (Å²) in [5.41, 5.74) is 0.907. The summed E-state index contributed by atoms with van der Waals surface area (Å²) in [4.78, 5) is 30.4. The highest BCUT2D eigenvalue weighted by Crippen LogP contribution is 2.08. The van der Waals surface area contributed by atoms with E-state index in [0.29, 0.717) is 36.9 Å². The molecule has 7 nitrogen and oxygen atoms in total. The third kappa shape index (κ3) is 4.90. The normalized spacial score (nSPS) is 9.84. The second-order valence-electron chi connectivity index (χ2n) is 3.82. The first-order valence-electron chi connectivity index (χ1n) is 6.03. The Labute approximate surface area is 111 Å². The highest BCUT2D eigenvalue weighted by atomic mass is 16.5. The minimum absolute atomic E-state index is 0.0865. The van der Waals surface area contributed by atoms with Crippen molar-refractivity contribution in [2.24, 2.45) is 0 Å². The van der Waals surface area contributed by atoms with E-state index in [4.69, 9.17) is 4.74 Å². The van der Waals surface area contributed by atoms with Crippen molar-refractivity contribution < 1.29 is 14.3 Å². The number of rotatable bonds is 6. The molecule has 19 heavy (non-hydrogen) atoms. The van der Waals surface area contributed by atoms with Crippen molar-refractivity contribution in [3.63, 3.8) is 0 Å². The van der Waals surface area contributed by atoms with Gasteiger partial charge in [0.25, 0.3) is 0 Å². The third-order valence-corrected chi connectivity index (χ3v) is 2.26. The van der Waals surface area contributed by atoms with Crippen LogP contribution >= 0.6 is 0 Å². The minimum atomic E-state index is -0.426. The first kappa shape index (κ1) is 14.9. The Kier molecular flexibility index (Phi) is 5.72. The zero-order valence-electron chi connectivity index (χ0n) is 11.3. The van der Waals surface area contributed by atoms with Gasteiger partial charge in [0.05, 0.1) is 17.9 Å². The van der Waals surface area contributed by atoms with E-state index in [1.165, 1.54) is 13.1 Å². The maximum absolute atomic E-state index is 11.5. The highest BCUT2D eigenvalue weighted by molar-refractivity contribution is 5.90. The highest BCUT2D eigenvalue weighted by Gasteiger charge is 2.12. The molecule has 1 aromatic rings. The molecule has 0 aromatic carbocycles. The van der Waals surface area contributed by atoms with Gasteiger partial charge in [-0.3, -0.25) is 4.79 Å². The van der Waals surface area contributed by atoms with Gasteiger partial charge in [-0.25, -0.2) is 14.8 Å². The zero-order valence-corrected chi connectivity index (χ0v) is 11.3. The zero-order chi connectivity index (χ0) is 14.3. The van der Waals surface area contributed by atoms with Gasteiger partial charge in [-0.2, -0.15) is 0 Å². The lowest BCUT2D eigenvalue weighted by molar-refractivity contribution is -0.118. The van der Waals surface area contributed by atoms with Gasteiger partial charge in [-0.15, -0.1) is 0 Å². The number of aromatic nitrogens is 2. The fraction of sp³-hybridized carbons (Fsp3) is 0.500. The first-order chi connectivity index (χ1) is 9.04. The van der Waals surface area contributed by atoms with Gasteiger partial charge in [0.2, 0.25) is 11.9 Å². The SMILES string of the molecule is CCOC(=O)c1cnc(NCCNC(C)=O)nc1C. The van der Waals surface area contributed by atoms with E-state index in [1.807, 2.05) is 0 Å². The number of aryl methyl sites for hydroxylation is 1. The maximum Gasteiger partial charge on any atom is 0.341 e. The molecule has 0 spiro atoms. The summed E-state index contributed by atoms with van der Waals surface area (Å²) in [6.07, 6.45) is 1.43. The van der Waals surface area contributed by atoms with Crippen LogP contribution in [0.15, 0.2) is 6.20 Å². The molecule has 0 aliphatic carbocycles. The molecule has 0 radical (unpaired) electrons. The molecule has 0 saturated heterocycles. The summed E-state index contributed by atoms with van der Waals surface area (Å²) in [5.74, 6) is -0.0998. The van der Waals surface area contributed by atoms with Crippen LogP contribution in [0.5, 0.6) is 0 Å². The Balaban J connectivity index is 2.56. The lowest BCUT2D eigenvalue weighted by atomic mass is 10.2. The Morgan fingerprint density at radius 1 is 1.37 bits per heavy atom. The predicted octanol–water partition coefficient (Wildman–Crippen LogP) is 0.510. The molecule has 1 rings (SSSR count). The van der Waals surface area contributed by atoms with Crippen LogP contribution in [0.2, 0.25) is 0 Å². The number of anilines is 1. The molecule has 1 amide bonds. The summed E-state index contributed by atoms with van der Waals surface area (Å²) in [6, 6.07) is 0. The number of nitrogens with zero attached hydrogens (tertiary/aromatic N) is 2. The summed E-state index contributed by atoms with van der Waals surface area (Å²) < 4.78 is 4.89. The van der Waals surface area contributed by atoms with Crippen LogP contribution in [-0.4, -0.2) is 41.5 Å². The number of esters is 1. The number of ether oxygens (including phenoxy) is 1. The average Bonchev–Trinajstić information content (AvgIpc) is 2.34. The molecule has 0 fully saturated rings. The summed E-state index contributed by atoms with van der Waals surface area (Å²) >= 11 is 0. The molecule has 2 N–H and O–H groups in total. The molecule has 0 saturated carbocycles. The third-order valence-electron chi connectivity index (χ3n) is 2.26. The smallest absolute Gasteiger partial charge is 0.341 e. The second kappa shape index (κ2) is 7.30. The van der Waals surface area contributed by atoms with E-state index in [-0.39, 0.29) is 5.91 Å². The van der Waals surface area contributed by atoms with E-state index >= 15 is 0 Å². The van der Waals surface area contributed by atoms with E-state index < -0.39 is 5.97 Å². The lowest BCUT2D eigenvalue weighted by Crippen LogP contribution is -2.26. The fourth-order valence-electron chi connectivity index (χ4n) is 1.37. The van der Waals surface area contributed by atoms with Gasteiger partial charge >= 0.3 is 5.97 Å². The molecule has 0 aliphatic heterocycles. The molecule has 1 aromatic heterocycles. The standard InChI is InChI=1S/C12H18N4O3/c1-4-19-11(18)10-7-15-12(16-8(10)2)14-6-5-13-9(3)17/h7H,4-6H2,1-3H3,(H,13,17)(H,14,15,16). The topological polar surface area (TPSA) is 93.2 Å². The summed E-state index contributed by atoms with van der Waals surface area (Å²) in [7, 11) is 0. The molecule has 0 aliphatic rings. The van der Waals surface area contributed by atoms with Gasteiger partial charge in [0.1, 0.15) is 0 Å². The number of hydrogen-bond donors (Lipinski definition) is 2. The van der Waals surface area contributed by atoms with Crippen molar-refractivity contribution in [1.29, 1.82) is 0 Å². The van der Waals surface area contributed by atoms with Crippen molar-refractivity contribution in [3.05, 3.63) is 17.5 Å². The van der Waals surface area contributed by atoms with Gasteiger partial charge < -0.3 is 15.4 Å². The summed E-state index contributed by atoms with van der Waals surface area (Å²) in [6.45, 7) is 6.22. The molecule has 104 valence electrons. The van der Waals surface area contributed by atoms with E-state index in [0.717, 1.165) is 0 Å². The predicted molar refractivity (Wildman–Crippen MR) is 69.9 cm³/mol. The monoisotopic (exact) mass is 266 g/mol. The van der Waals surface area contributed by atoms with Crippen LogP contribution in [0, 0.1) is 6.92 Å². The van der Waals surface area contributed by atoms with Crippen molar-refractivity contribution in [3.8, 4) is 0 Å². The van der Waals surface area contributed by atoms with Crippen LogP contribution in [0.25, 0.3) is 0 Å². The summed E-state index contributed by atoms with van der Waals surface area (Å²) in [5, 5.41) is 5.60. The second-order valence-corrected chi connectivity index (χ2v) is 3.82. The number of carbonyl (C=O) groups excluding carboxylic acids is 2. The van der Waals surface area contributed by atoms with Crippen molar-refractivity contribution in [2.45, 2.75) is 20.8 Å². The molecule has 1 heterocycles. The number of nitrogens with one attached hydrogen (secondary N) is 2. The van der Waals surface area contributed by atoms with Crippen LogP contribution in [0.1, 0.15) is 29.9 Å². The average molecular weight is 266 g/mol. The van der Waals surface area contributed by atoms with Crippen LogP contribution in [-0.2, 0) is 9.53 Å². The Morgan fingerprint density at radius 3 is 2.68 bits per heavy atom. The van der Waals surface area contributed by atoms with Crippen LogP contribution in [0.3, 0.4) is 0 Å². The maximum atomic E-state index is 11.5. The van der Waals surface area contributed by atoms with Gasteiger partial charge in [0, 0.05) is 26.2 Å². The molecule has 0 unspecified atom stereocenters. The molecule has 0 bridgehead atoms. The first-order valence-corrected chi connectivity index (χ1v) is 6.03. The lowest BCUT2D eigenvalue weighted by Gasteiger charge is -2.08. The van der Waals surface area contributed by atoms with Crippen LogP contribution in [0.4, 0.5) is 5.95 Å². The van der Waals surface area contributed by atoms with Crippen molar-refractivity contribution >= 4 is 17.8 Å². The number of hydrogen-bond acceptors (Lipinski definition) is 6. The number of carbonyl (C=O) groups is 2. The van der Waals surface area contributed by atoms with E-state index in [1.54, 1.807) is 13.8 Å². The number of amides is 1. The van der Waals surface area contributed by atoms with Gasteiger partial charge in [-0.1, -0.05) is 0 Å². The van der Waals surface area contributed by atoms with E-state index in [2.05, 4.69) is 20.6 Å². The van der Waals surface area contributed by atoms with Gasteiger partial charge in [-0.05, 0) is 13.8 Å². The molecule has 0 atom stereocenters. The Bertz CT molecular complexity index is 462. The molecular weight excluding hydrogens is 248 g/mol. The quantitative estimate of drug-likeness (QED) is 0.575. The van der Waals surface area contributed by atoms with Gasteiger partial charge in [0.15, 0.2) is 0 Å². The van der Waals surface area contributed by atoms with E-state index in [9.17, 15) is 9.59 Å². The van der Waals surface area contributed by atoms with Crippen LogP contribution < -0.4 is 10.6 Å².